The Bertz CT molecular complexity index is 1420. The number of aromatic nitrogens is 2. The highest BCUT2D eigenvalue weighted by Gasteiger charge is 2.49. The topological polar surface area (TPSA) is 90.0 Å². The largest absolute Gasteiger partial charge is 0.338 e. The zero-order chi connectivity index (χ0) is 29.8. The number of carbonyl (C=O) groups excluding carboxylic acids is 1. The van der Waals surface area contributed by atoms with Crippen LogP contribution in [0.3, 0.4) is 0 Å². The van der Waals surface area contributed by atoms with Crippen molar-refractivity contribution in [2.24, 2.45) is 5.92 Å². The van der Waals surface area contributed by atoms with Crippen LogP contribution in [0.15, 0.2) is 30.6 Å². The van der Waals surface area contributed by atoms with Gasteiger partial charge in [0.2, 0.25) is 10.0 Å². The number of halogens is 1. The van der Waals surface area contributed by atoms with E-state index in [1.54, 1.807) is 16.4 Å². The van der Waals surface area contributed by atoms with Gasteiger partial charge in [0.1, 0.15) is 12.1 Å². The van der Waals surface area contributed by atoms with Crippen molar-refractivity contribution in [2.45, 2.75) is 76.3 Å². The van der Waals surface area contributed by atoms with Gasteiger partial charge in [-0.15, -0.1) is 0 Å². The monoisotopic (exact) mass is 598 g/mol. The number of carbonyl (C=O) groups is 1. The molecule has 0 N–H and O–H groups in total. The zero-order valence-corrected chi connectivity index (χ0v) is 26.0. The van der Waals surface area contributed by atoms with Crippen LogP contribution in [0.1, 0.15) is 72.9 Å². The quantitative estimate of drug-likeness (QED) is 0.483. The van der Waals surface area contributed by atoms with Crippen molar-refractivity contribution in [1.82, 2.24) is 29.0 Å². The Morgan fingerprint density at radius 1 is 1.02 bits per heavy atom. The highest BCUT2D eigenvalue weighted by Crippen LogP contribution is 2.42. The maximum Gasteiger partial charge on any atom is 0.257 e. The molecular weight excluding hydrogens is 555 g/mol. The summed E-state index contributed by atoms with van der Waals surface area (Å²) < 4.78 is 41.7. The van der Waals surface area contributed by atoms with Crippen molar-refractivity contribution in [3.8, 4) is 0 Å². The molecule has 42 heavy (non-hydrogen) atoms. The normalized spacial score (nSPS) is 25.3. The van der Waals surface area contributed by atoms with Crippen LogP contribution in [0.5, 0.6) is 0 Å². The Balaban J connectivity index is 1.12. The average molecular weight is 599 g/mol. The smallest absolute Gasteiger partial charge is 0.257 e. The average Bonchev–Trinajstić information content (AvgIpc) is 3.77. The van der Waals surface area contributed by atoms with Crippen molar-refractivity contribution in [1.29, 1.82) is 0 Å². The third kappa shape index (κ3) is 5.49. The van der Waals surface area contributed by atoms with Gasteiger partial charge in [0.25, 0.3) is 5.91 Å². The van der Waals surface area contributed by atoms with E-state index in [-0.39, 0.29) is 40.5 Å². The van der Waals surface area contributed by atoms with E-state index < -0.39 is 10.0 Å². The number of rotatable bonds is 7. The molecule has 2 atom stereocenters. The third-order valence-electron chi connectivity index (χ3n) is 10.2. The highest BCUT2D eigenvalue weighted by molar-refractivity contribution is 7.90. The molecule has 1 saturated carbocycles. The molecule has 3 aliphatic heterocycles. The fourth-order valence-electron chi connectivity index (χ4n) is 7.32. The highest BCUT2D eigenvalue weighted by atomic mass is 32.2. The maximum absolute atomic E-state index is 14.4. The summed E-state index contributed by atoms with van der Waals surface area (Å²) in [5.74, 6) is -0.109. The molecule has 9 nitrogen and oxygen atoms in total. The molecule has 1 aromatic carbocycles. The van der Waals surface area contributed by atoms with Crippen LogP contribution >= 0.6 is 0 Å². The van der Waals surface area contributed by atoms with Crippen molar-refractivity contribution < 1.29 is 17.6 Å². The van der Waals surface area contributed by atoms with E-state index >= 15 is 0 Å². The fraction of sp³-hybridized carbons (Fsp3) is 0.645. The van der Waals surface area contributed by atoms with Crippen molar-refractivity contribution in [2.75, 3.05) is 45.8 Å². The molecule has 4 heterocycles. The van der Waals surface area contributed by atoms with E-state index in [4.69, 9.17) is 0 Å². The zero-order valence-electron chi connectivity index (χ0n) is 25.2. The van der Waals surface area contributed by atoms with E-state index in [1.165, 1.54) is 12.4 Å². The molecule has 1 amide bonds. The van der Waals surface area contributed by atoms with Gasteiger partial charge in [-0.25, -0.2) is 27.1 Å². The van der Waals surface area contributed by atoms with Gasteiger partial charge < -0.3 is 4.90 Å². The first-order chi connectivity index (χ1) is 20.0. The lowest BCUT2D eigenvalue weighted by Gasteiger charge is -2.55. The number of piperazine rings is 1. The minimum atomic E-state index is -3.20. The van der Waals surface area contributed by atoms with Crippen molar-refractivity contribution >= 4 is 15.9 Å². The fourth-order valence-corrected chi connectivity index (χ4v) is 9.27. The van der Waals surface area contributed by atoms with Crippen LogP contribution in [0.25, 0.3) is 0 Å². The van der Waals surface area contributed by atoms with Gasteiger partial charge in [0.05, 0.1) is 22.2 Å². The standard InChI is InChI=1S/C31H43FN6O3S/c1-21-17-36(31(4)10-12-35(13-11-31)30(39)28-22(2)33-20-34-23(28)3)14-15-38(21)29(24-6-5-7-26(32)16-24)25-18-37(19-25)42(40,41)27-8-9-27/h5-7,16,20-21,25,27,29H,8-15,17-19H2,1-4H3/t21-,29-/m0/s1. The second kappa shape index (κ2) is 11.2. The summed E-state index contributed by atoms with van der Waals surface area (Å²) in [5, 5.41) is -0.204. The van der Waals surface area contributed by atoms with Crippen LogP contribution in [0.4, 0.5) is 4.39 Å². The summed E-state index contributed by atoms with van der Waals surface area (Å²) in [6.07, 6.45) is 4.81. The summed E-state index contributed by atoms with van der Waals surface area (Å²) in [4.78, 5) is 28.8. The van der Waals surface area contributed by atoms with Gasteiger partial charge >= 0.3 is 0 Å². The first-order valence-corrected chi connectivity index (χ1v) is 16.8. The van der Waals surface area contributed by atoms with Gasteiger partial charge in [-0.1, -0.05) is 12.1 Å². The lowest BCUT2D eigenvalue weighted by Crippen LogP contribution is -2.64. The molecule has 2 aromatic rings. The molecular formula is C31H43FN6O3S. The number of sulfonamides is 1. The molecule has 4 fully saturated rings. The van der Waals surface area contributed by atoms with Crippen LogP contribution in [0, 0.1) is 25.6 Å². The maximum atomic E-state index is 14.4. The Hall–Kier alpha value is -2.47. The summed E-state index contributed by atoms with van der Waals surface area (Å²) in [7, 11) is -3.20. The van der Waals surface area contributed by atoms with Gasteiger partial charge in [0, 0.05) is 69.4 Å². The lowest BCUT2D eigenvalue weighted by molar-refractivity contribution is -0.0492. The minimum absolute atomic E-state index is 0.0158. The summed E-state index contributed by atoms with van der Waals surface area (Å²) >= 11 is 0. The summed E-state index contributed by atoms with van der Waals surface area (Å²) in [5.41, 5.74) is 2.97. The second-order valence-corrected chi connectivity index (χ2v) is 15.3. The SMILES string of the molecule is Cc1ncnc(C)c1C(=O)N1CCC(C)(N2CCN([C@@H](c3cccc(F)c3)C3CN(S(=O)(=O)C4CC4)C3)[C@@H](C)C2)CC1. The number of piperidine rings is 1. The molecule has 0 radical (unpaired) electrons. The van der Waals surface area contributed by atoms with E-state index in [1.807, 2.05) is 24.8 Å². The molecule has 4 aliphatic rings. The molecule has 0 spiro atoms. The van der Waals surface area contributed by atoms with Crippen molar-refractivity contribution in [3.05, 3.63) is 58.9 Å². The molecule has 6 rings (SSSR count). The van der Waals surface area contributed by atoms with Crippen LogP contribution in [-0.4, -0.2) is 106 Å². The van der Waals surface area contributed by atoms with Crippen molar-refractivity contribution in [3.63, 3.8) is 0 Å². The first-order valence-electron chi connectivity index (χ1n) is 15.3. The molecule has 11 heteroatoms. The van der Waals surface area contributed by atoms with E-state index in [0.717, 1.165) is 62.3 Å². The molecule has 1 aliphatic carbocycles. The number of nitrogens with zero attached hydrogens (tertiary/aromatic N) is 6. The minimum Gasteiger partial charge on any atom is -0.338 e. The predicted octanol–water partition coefficient (Wildman–Crippen LogP) is 3.40. The van der Waals surface area contributed by atoms with Gasteiger partial charge in [-0.2, -0.15) is 0 Å². The first kappa shape index (κ1) is 29.6. The Labute approximate surface area is 249 Å². The number of aryl methyl sites for hydroxylation is 2. The van der Waals surface area contributed by atoms with E-state index in [2.05, 4.69) is 33.6 Å². The van der Waals surface area contributed by atoms with Crippen LogP contribution in [-0.2, 0) is 10.0 Å². The Morgan fingerprint density at radius 3 is 2.29 bits per heavy atom. The summed E-state index contributed by atoms with van der Waals surface area (Å²) in [6.45, 7) is 13.2. The predicted molar refractivity (Wildman–Crippen MR) is 159 cm³/mol. The number of benzene rings is 1. The number of hydrogen-bond donors (Lipinski definition) is 0. The number of hydrogen-bond acceptors (Lipinski definition) is 7. The number of amides is 1. The Kier molecular flexibility index (Phi) is 7.91. The second-order valence-electron chi connectivity index (χ2n) is 13.1. The molecule has 3 saturated heterocycles. The third-order valence-corrected chi connectivity index (χ3v) is 12.5. The lowest BCUT2D eigenvalue weighted by atomic mass is 9.84. The van der Waals surface area contributed by atoms with E-state index in [0.29, 0.717) is 31.7 Å². The van der Waals surface area contributed by atoms with Crippen LogP contribution in [0.2, 0.25) is 0 Å². The van der Waals surface area contributed by atoms with Gasteiger partial charge in [-0.3, -0.25) is 14.6 Å². The molecule has 228 valence electrons. The number of likely N-dealkylation sites (tertiary alicyclic amines) is 1. The summed E-state index contributed by atoms with van der Waals surface area (Å²) in [6, 6.07) is 7.02. The van der Waals surface area contributed by atoms with Crippen LogP contribution < -0.4 is 0 Å². The Morgan fingerprint density at radius 2 is 1.69 bits per heavy atom. The molecule has 0 unspecified atom stereocenters. The van der Waals surface area contributed by atoms with Gasteiger partial charge in [-0.05, 0) is 71.1 Å². The molecule has 1 aromatic heterocycles. The molecule has 0 bridgehead atoms. The van der Waals surface area contributed by atoms with Gasteiger partial charge in [0.15, 0.2) is 0 Å². The van der Waals surface area contributed by atoms with E-state index in [9.17, 15) is 17.6 Å².